The summed E-state index contributed by atoms with van der Waals surface area (Å²) in [6.07, 6.45) is 8.08. The van der Waals surface area contributed by atoms with Crippen LogP contribution in [0, 0.1) is 5.92 Å². The van der Waals surface area contributed by atoms with Crippen LogP contribution in [0.5, 0.6) is 0 Å². The third kappa shape index (κ3) is 7.84. The normalized spacial score (nSPS) is 12.9. The summed E-state index contributed by atoms with van der Waals surface area (Å²) in [4.78, 5) is 0. The van der Waals surface area contributed by atoms with E-state index in [1.54, 1.807) is 0 Å². The van der Waals surface area contributed by atoms with E-state index in [0.717, 1.165) is 5.92 Å². The molecular formula is C12H24. The summed E-state index contributed by atoms with van der Waals surface area (Å²) in [6.45, 7) is 10.7. The van der Waals surface area contributed by atoms with E-state index in [0.29, 0.717) is 0 Å². The van der Waals surface area contributed by atoms with Crippen molar-refractivity contribution >= 4 is 0 Å². The molecule has 0 aromatic rings. The van der Waals surface area contributed by atoms with Gasteiger partial charge in [0.1, 0.15) is 0 Å². The van der Waals surface area contributed by atoms with Gasteiger partial charge in [0, 0.05) is 0 Å². The van der Waals surface area contributed by atoms with Gasteiger partial charge in [-0.3, -0.25) is 0 Å². The fourth-order valence-electron chi connectivity index (χ4n) is 1.45. The lowest BCUT2D eigenvalue weighted by Crippen LogP contribution is -1.94. The lowest BCUT2D eigenvalue weighted by Gasteiger charge is -2.09. The summed E-state index contributed by atoms with van der Waals surface area (Å²) in [7, 11) is 0. The van der Waals surface area contributed by atoms with Gasteiger partial charge < -0.3 is 0 Å². The summed E-state index contributed by atoms with van der Waals surface area (Å²) >= 11 is 0. The molecule has 0 saturated heterocycles. The van der Waals surface area contributed by atoms with E-state index in [2.05, 4.69) is 27.4 Å². The Morgan fingerprint density at radius 2 is 1.83 bits per heavy atom. The van der Waals surface area contributed by atoms with E-state index in [-0.39, 0.29) is 0 Å². The zero-order valence-electron chi connectivity index (χ0n) is 9.03. The molecule has 0 aromatic heterocycles. The summed E-state index contributed by atoms with van der Waals surface area (Å²) in [5.74, 6) is 0.921. The molecule has 1 unspecified atom stereocenters. The van der Waals surface area contributed by atoms with E-state index < -0.39 is 0 Å². The van der Waals surface area contributed by atoms with Crippen molar-refractivity contribution in [2.24, 2.45) is 5.92 Å². The number of hydrogen-bond donors (Lipinski definition) is 0. The van der Waals surface area contributed by atoms with Gasteiger partial charge in [0.2, 0.25) is 0 Å². The monoisotopic (exact) mass is 168 g/mol. The molecular weight excluding hydrogens is 144 g/mol. The van der Waals surface area contributed by atoms with Crippen molar-refractivity contribution in [1.82, 2.24) is 0 Å². The number of allylic oxidation sites excluding steroid dienone is 1. The average molecular weight is 168 g/mol. The maximum Gasteiger partial charge on any atom is -0.0326 e. The summed E-state index contributed by atoms with van der Waals surface area (Å²) in [6, 6.07) is 0. The molecule has 1 atom stereocenters. The summed E-state index contributed by atoms with van der Waals surface area (Å²) < 4.78 is 0. The Hall–Kier alpha value is -0.260. The van der Waals surface area contributed by atoms with Gasteiger partial charge in [-0.1, -0.05) is 45.1 Å². The second-order valence-corrected chi connectivity index (χ2v) is 4.10. The van der Waals surface area contributed by atoms with Gasteiger partial charge in [-0.05, 0) is 25.7 Å². The molecule has 0 heteroatoms. The lowest BCUT2D eigenvalue weighted by molar-refractivity contribution is 0.457. The molecule has 72 valence electrons. The minimum atomic E-state index is 0.921. The van der Waals surface area contributed by atoms with Crippen LogP contribution in [0.3, 0.4) is 0 Å². The molecule has 0 bridgehead atoms. The van der Waals surface area contributed by atoms with Crippen molar-refractivity contribution in [1.29, 1.82) is 0 Å². The predicted molar refractivity (Wildman–Crippen MR) is 57.4 cm³/mol. The molecule has 0 aliphatic carbocycles. The van der Waals surface area contributed by atoms with Crippen LogP contribution in [0.25, 0.3) is 0 Å². The number of unbranched alkanes of at least 4 members (excludes halogenated alkanes) is 1. The Morgan fingerprint density at radius 3 is 2.33 bits per heavy atom. The first kappa shape index (κ1) is 11.7. The highest BCUT2D eigenvalue weighted by molar-refractivity contribution is 4.87. The highest BCUT2D eigenvalue weighted by Crippen LogP contribution is 2.16. The van der Waals surface area contributed by atoms with Gasteiger partial charge in [0.05, 0.1) is 0 Å². The van der Waals surface area contributed by atoms with Crippen molar-refractivity contribution in [2.75, 3.05) is 0 Å². The molecule has 0 aliphatic heterocycles. The fraction of sp³-hybridized carbons (Fsp3) is 0.833. The zero-order chi connectivity index (χ0) is 9.40. The van der Waals surface area contributed by atoms with Gasteiger partial charge in [0.15, 0.2) is 0 Å². The van der Waals surface area contributed by atoms with Crippen LogP contribution in [0.2, 0.25) is 0 Å². The Morgan fingerprint density at radius 1 is 1.25 bits per heavy atom. The van der Waals surface area contributed by atoms with Gasteiger partial charge in [-0.2, -0.15) is 0 Å². The molecule has 0 amide bonds. The minimum Gasteiger partial charge on any atom is -0.100 e. The number of hydrogen-bond acceptors (Lipinski definition) is 0. The Balaban J connectivity index is 3.19. The first-order valence-electron chi connectivity index (χ1n) is 5.31. The van der Waals surface area contributed by atoms with E-state index in [4.69, 9.17) is 0 Å². The van der Waals surface area contributed by atoms with E-state index in [1.807, 2.05) is 0 Å². The van der Waals surface area contributed by atoms with Crippen LogP contribution >= 0.6 is 0 Å². The van der Waals surface area contributed by atoms with Crippen LogP contribution in [-0.4, -0.2) is 0 Å². The average Bonchev–Trinajstić information content (AvgIpc) is 2.00. The van der Waals surface area contributed by atoms with Gasteiger partial charge in [-0.15, -0.1) is 6.58 Å². The van der Waals surface area contributed by atoms with E-state index in [9.17, 15) is 0 Å². The third-order valence-electron chi connectivity index (χ3n) is 2.35. The predicted octanol–water partition coefficient (Wildman–Crippen LogP) is 4.56. The van der Waals surface area contributed by atoms with Gasteiger partial charge >= 0.3 is 0 Å². The maximum absolute atomic E-state index is 3.91. The molecule has 0 spiro atoms. The highest BCUT2D eigenvalue weighted by atomic mass is 14.1. The first-order chi connectivity index (χ1) is 5.66. The first-order valence-corrected chi connectivity index (χ1v) is 5.31. The van der Waals surface area contributed by atoms with Crippen molar-refractivity contribution in [2.45, 2.75) is 59.3 Å². The largest absolute Gasteiger partial charge is 0.100 e. The second kappa shape index (κ2) is 7.39. The minimum absolute atomic E-state index is 0.921. The molecule has 0 saturated carbocycles. The highest BCUT2D eigenvalue weighted by Gasteiger charge is 2.00. The Labute approximate surface area is 78.1 Å². The molecule has 12 heavy (non-hydrogen) atoms. The summed E-state index contributed by atoms with van der Waals surface area (Å²) in [5, 5.41) is 0. The standard InChI is InChI=1S/C12H24/c1-5-6-9-12(4)10-7-8-11(2)3/h12H,2,5-10H2,1,3-4H3. The second-order valence-electron chi connectivity index (χ2n) is 4.10. The molecule has 0 heterocycles. The van der Waals surface area contributed by atoms with Crippen LogP contribution in [0.15, 0.2) is 12.2 Å². The SMILES string of the molecule is C=C(C)CCCC(C)CCCC. The van der Waals surface area contributed by atoms with Crippen molar-refractivity contribution < 1.29 is 0 Å². The molecule has 0 radical (unpaired) electrons. The van der Waals surface area contributed by atoms with E-state index in [1.165, 1.54) is 44.1 Å². The van der Waals surface area contributed by atoms with Crippen LogP contribution in [-0.2, 0) is 0 Å². The third-order valence-corrected chi connectivity index (χ3v) is 2.35. The molecule has 0 rings (SSSR count). The Kier molecular flexibility index (Phi) is 7.23. The van der Waals surface area contributed by atoms with Crippen molar-refractivity contribution in [3.63, 3.8) is 0 Å². The van der Waals surface area contributed by atoms with Gasteiger partial charge in [0.25, 0.3) is 0 Å². The quantitative estimate of drug-likeness (QED) is 0.489. The van der Waals surface area contributed by atoms with Crippen molar-refractivity contribution in [3.8, 4) is 0 Å². The zero-order valence-corrected chi connectivity index (χ0v) is 9.03. The molecule has 0 N–H and O–H groups in total. The van der Waals surface area contributed by atoms with Crippen LogP contribution in [0.4, 0.5) is 0 Å². The topological polar surface area (TPSA) is 0 Å². The smallest absolute Gasteiger partial charge is 0.0326 e. The molecule has 0 nitrogen and oxygen atoms in total. The molecule has 0 fully saturated rings. The maximum atomic E-state index is 3.91. The van der Waals surface area contributed by atoms with E-state index >= 15 is 0 Å². The van der Waals surface area contributed by atoms with Gasteiger partial charge in [-0.25, -0.2) is 0 Å². The Bertz CT molecular complexity index is 113. The number of rotatable bonds is 7. The van der Waals surface area contributed by atoms with Crippen LogP contribution in [0.1, 0.15) is 59.3 Å². The fourth-order valence-corrected chi connectivity index (χ4v) is 1.45. The van der Waals surface area contributed by atoms with Crippen LogP contribution < -0.4 is 0 Å². The molecule has 0 aliphatic rings. The lowest BCUT2D eigenvalue weighted by atomic mass is 9.97. The summed E-state index contributed by atoms with van der Waals surface area (Å²) in [5.41, 5.74) is 1.33. The van der Waals surface area contributed by atoms with Crippen molar-refractivity contribution in [3.05, 3.63) is 12.2 Å². The molecule has 0 aromatic carbocycles.